The maximum absolute atomic E-state index is 15.4. The molecule has 184 valence electrons. The van der Waals surface area contributed by atoms with Crippen molar-refractivity contribution in [1.82, 2.24) is 31.2 Å². The smallest absolute Gasteiger partial charge is 0.230 e. The second-order valence-electron chi connectivity index (χ2n) is 8.21. The van der Waals surface area contributed by atoms with Crippen LogP contribution in [0.15, 0.2) is 41.3 Å². The van der Waals surface area contributed by atoms with Crippen LogP contribution in [0.3, 0.4) is 0 Å². The number of hydrogen-bond acceptors (Lipinski definition) is 12. The van der Waals surface area contributed by atoms with E-state index in [9.17, 15) is 4.39 Å². The molecular formula is C20H23F2N11S2. The van der Waals surface area contributed by atoms with Crippen LogP contribution in [0.4, 0.5) is 19.7 Å². The number of nitrogens with zero attached hydrogens (tertiary/aromatic N) is 5. The first-order valence-electron chi connectivity index (χ1n) is 10.6. The number of benzene rings is 1. The van der Waals surface area contributed by atoms with Crippen LogP contribution >= 0.6 is 23.1 Å². The molecule has 35 heavy (non-hydrogen) atoms. The molecule has 0 saturated carbocycles. The maximum Gasteiger partial charge on any atom is 0.230 e. The Morgan fingerprint density at radius 1 is 1.20 bits per heavy atom. The molecule has 5 rings (SSSR count). The lowest BCUT2D eigenvalue weighted by molar-refractivity contribution is 0.266. The number of aromatic amines is 1. The zero-order valence-corrected chi connectivity index (χ0v) is 20.1. The third-order valence-electron chi connectivity index (χ3n) is 6.01. The average molecular weight is 520 g/mol. The maximum atomic E-state index is 15.4. The van der Waals surface area contributed by atoms with Gasteiger partial charge < -0.3 is 22.6 Å². The zero-order valence-electron chi connectivity index (χ0n) is 18.5. The van der Waals surface area contributed by atoms with Crippen LogP contribution in [0, 0.1) is 18.6 Å². The summed E-state index contributed by atoms with van der Waals surface area (Å²) in [6, 6.07) is 4.50. The third kappa shape index (κ3) is 3.89. The van der Waals surface area contributed by atoms with Crippen LogP contribution in [-0.4, -0.2) is 30.8 Å². The fraction of sp³-hybridized carbons (Fsp3) is 0.300. The van der Waals surface area contributed by atoms with Gasteiger partial charge in [0.15, 0.2) is 0 Å². The third-order valence-corrected chi connectivity index (χ3v) is 8.11. The molecule has 15 heteroatoms. The second kappa shape index (κ2) is 8.75. The summed E-state index contributed by atoms with van der Waals surface area (Å²) in [6.45, 7) is 1.82. The quantitative estimate of drug-likeness (QED) is 0.271. The predicted octanol–water partition coefficient (Wildman–Crippen LogP) is 1.91. The first kappa shape index (κ1) is 23.5. The lowest BCUT2D eigenvalue weighted by atomic mass is 9.79. The molecule has 0 spiro atoms. The Morgan fingerprint density at radius 3 is 2.69 bits per heavy atom. The van der Waals surface area contributed by atoms with Gasteiger partial charge in [-0.15, -0.1) is 10.2 Å². The van der Waals surface area contributed by atoms with Gasteiger partial charge in [0.2, 0.25) is 5.13 Å². The van der Waals surface area contributed by atoms with Crippen molar-refractivity contribution >= 4 is 39.6 Å². The Hall–Kier alpha value is -3.27. The number of aryl methyl sites for hydroxylation is 1. The van der Waals surface area contributed by atoms with Gasteiger partial charge in [0.05, 0.1) is 11.2 Å². The van der Waals surface area contributed by atoms with Crippen molar-refractivity contribution in [3.05, 3.63) is 64.1 Å². The number of nitrogen functional groups attached to an aromatic ring is 1. The van der Waals surface area contributed by atoms with Crippen LogP contribution in [0.1, 0.15) is 35.1 Å². The highest BCUT2D eigenvalue weighted by Crippen LogP contribution is 2.55. The molecule has 2 aliphatic rings. The number of H-pyrrole nitrogens is 1. The summed E-state index contributed by atoms with van der Waals surface area (Å²) in [5, 5.41) is 22.6. The van der Waals surface area contributed by atoms with Gasteiger partial charge in [0.25, 0.3) is 0 Å². The van der Waals surface area contributed by atoms with Gasteiger partial charge in [-0.2, -0.15) is 10.2 Å². The summed E-state index contributed by atoms with van der Waals surface area (Å²) in [5.41, 5.74) is 25.3. The van der Waals surface area contributed by atoms with E-state index in [-0.39, 0.29) is 11.4 Å². The lowest BCUT2D eigenvalue weighted by Gasteiger charge is -2.48. The Balaban J connectivity index is 1.65. The minimum Gasteiger partial charge on any atom is -0.385 e. The van der Waals surface area contributed by atoms with Crippen molar-refractivity contribution in [2.45, 2.75) is 36.2 Å². The number of hydrogen-bond donors (Lipinski definition) is 6. The summed E-state index contributed by atoms with van der Waals surface area (Å²) in [4.78, 5) is -1.11. The van der Waals surface area contributed by atoms with Gasteiger partial charge in [-0.1, -0.05) is 23.1 Å². The van der Waals surface area contributed by atoms with E-state index >= 15 is 4.39 Å². The molecule has 3 unspecified atom stereocenters. The van der Waals surface area contributed by atoms with E-state index in [1.165, 1.54) is 23.1 Å². The Bertz CT molecular complexity index is 1310. The first-order valence-corrected chi connectivity index (χ1v) is 12.3. The fourth-order valence-corrected chi connectivity index (χ4v) is 6.36. The number of nitrogens with two attached hydrogens (primary N) is 3. The first-order chi connectivity index (χ1) is 16.7. The van der Waals surface area contributed by atoms with Gasteiger partial charge in [0.1, 0.15) is 38.7 Å². The zero-order chi connectivity index (χ0) is 24.8. The predicted molar refractivity (Wildman–Crippen MR) is 132 cm³/mol. The van der Waals surface area contributed by atoms with Gasteiger partial charge >= 0.3 is 0 Å². The van der Waals surface area contributed by atoms with Crippen LogP contribution in [0.5, 0.6) is 0 Å². The van der Waals surface area contributed by atoms with Crippen molar-refractivity contribution in [3.8, 4) is 0 Å². The molecule has 3 atom stereocenters. The van der Waals surface area contributed by atoms with E-state index < -0.39 is 28.1 Å². The molecule has 0 saturated heterocycles. The summed E-state index contributed by atoms with van der Waals surface area (Å²) in [6.07, 6.45) is 2.37. The molecule has 0 amide bonds. The Kier molecular flexibility index (Phi) is 5.86. The number of hydrazone groups is 1. The van der Waals surface area contributed by atoms with Gasteiger partial charge in [-0.3, -0.25) is 5.10 Å². The standard InChI is InChI=1S/C20H23F2N11S2/c1-10-27-31-18(35-10)33-20(34-9-26-33,5-4-14(23)15-7-16(24)29-28-15)19(8-17(25)30-32-19)12-6-11(21)2-3-13(12)22/h2-3,6-9,14,30,32H,4-5,23,25H2,1H3,(H3,24,28,29). The topological polar surface area (TPSA) is 172 Å². The van der Waals surface area contributed by atoms with Crippen LogP contribution < -0.4 is 33.1 Å². The van der Waals surface area contributed by atoms with E-state index in [1.807, 2.05) is 6.92 Å². The molecule has 2 aliphatic heterocycles. The van der Waals surface area contributed by atoms with E-state index in [1.54, 1.807) is 22.7 Å². The number of thioether (sulfide) groups is 1. The van der Waals surface area contributed by atoms with Crippen LogP contribution in [0.2, 0.25) is 0 Å². The summed E-state index contributed by atoms with van der Waals surface area (Å²) >= 11 is 2.65. The van der Waals surface area contributed by atoms with Crippen molar-refractivity contribution in [2.24, 2.45) is 16.6 Å². The van der Waals surface area contributed by atoms with Gasteiger partial charge in [-0.25, -0.2) is 19.2 Å². The number of rotatable bonds is 7. The highest BCUT2D eigenvalue weighted by atomic mass is 32.2. The number of anilines is 2. The van der Waals surface area contributed by atoms with Crippen molar-refractivity contribution in [1.29, 1.82) is 0 Å². The minimum atomic E-state index is -1.38. The summed E-state index contributed by atoms with van der Waals surface area (Å²) in [7, 11) is 0. The van der Waals surface area contributed by atoms with E-state index in [0.717, 1.165) is 23.2 Å². The highest BCUT2D eigenvalue weighted by molar-refractivity contribution is 8.13. The van der Waals surface area contributed by atoms with Crippen LogP contribution in [0.25, 0.3) is 0 Å². The van der Waals surface area contributed by atoms with Gasteiger partial charge in [0, 0.05) is 17.7 Å². The minimum absolute atomic E-state index is 0.0500. The molecule has 4 heterocycles. The van der Waals surface area contributed by atoms with Crippen LogP contribution in [-0.2, 0) is 5.54 Å². The normalized spacial score (nSPS) is 24.6. The molecule has 11 nitrogen and oxygen atoms in total. The molecule has 0 bridgehead atoms. The number of nitrogens with one attached hydrogen (secondary N) is 3. The lowest BCUT2D eigenvalue weighted by Crippen LogP contribution is -2.64. The Morgan fingerprint density at radius 2 is 2.03 bits per heavy atom. The van der Waals surface area contributed by atoms with Crippen molar-refractivity contribution in [2.75, 3.05) is 10.7 Å². The largest absolute Gasteiger partial charge is 0.385 e. The van der Waals surface area contributed by atoms with Crippen molar-refractivity contribution < 1.29 is 8.78 Å². The number of aromatic nitrogens is 4. The second-order valence-corrected chi connectivity index (χ2v) is 10.5. The molecule has 3 aromatic rings. The van der Waals surface area contributed by atoms with E-state index in [2.05, 4.69) is 36.3 Å². The summed E-state index contributed by atoms with van der Waals surface area (Å²) in [5.74, 6) is -0.633. The average Bonchev–Trinajstić information content (AvgIpc) is 3.61. The highest BCUT2D eigenvalue weighted by Gasteiger charge is 2.61. The Labute approximate surface area is 207 Å². The monoisotopic (exact) mass is 519 g/mol. The molecule has 0 radical (unpaired) electrons. The molecule has 0 aliphatic carbocycles. The molecule has 1 aromatic carbocycles. The summed E-state index contributed by atoms with van der Waals surface area (Å²) < 4.78 is 29.8. The SMILES string of the molecule is Cc1nnc(N2N=CSC2(CCC(N)c2cc(N)n[nH]2)C2(c3cc(F)ccc3F)C=C(N)NN2)s1. The molecule has 0 fully saturated rings. The van der Waals surface area contributed by atoms with E-state index in [4.69, 9.17) is 17.2 Å². The van der Waals surface area contributed by atoms with E-state index in [0.29, 0.717) is 29.5 Å². The molecular weight excluding hydrogens is 496 g/mol. The van der Waals surface area contributed by atoms with Crippen molar-refractivity contribution in [3.63, 3.8) is 0 Å². The molecule has 2 aromatic heterocycles. The van der Waals surface area contributed by atoms with Gasteiger partial charge in [-0.05, 0) is 44.0 Å². The number of hydrazine groups is 1. The molecule has 9 N–H and O–H groups in total. The number of halogens is 2. The fourth-order valence-electron chi connectivity index (χ4n) is 4.39.